The number of β-amino-alcohol motifs (C(OH)–C–C–N with tert-alkyl or cyclic N) is 1. The van der Waals surface area contributed by atoms with Crippen LogP contribution in [0.15, 0.2) is 0 Å². The maximum atomic E-state index is 10.2. The average Bonchev–Trinajstić information content (AvgIpc) is 2.83. The molecule has 2 fully saturated rings. The predicted molar refractivity (Wildman–Crippen MR) is 68.9 cm³/mol. The van der Waals surface area contributed by atoms with Gasteiger partial charge in [-0.25, -0.2) is 0 Å². The zero-order valence-corrected chi connectivity index (χ0v) is 11.3. The van der Waals surface area contributed by atoms with Crippen molar-refractivity contribution < 1.29 is 9.84 Å². The summed E-state index contributed by atoms with van der Waals surface area (Å²) in [6.07, 6.45) is 3.44. The number of nitrogens with zero attached hydrogens (tertiary/aromatic N) is 1. The van der Waals surface area contributed by atoms with Crippen LogP contribution in [0.25, 0.3) is 0 Å². The van der Waals surface area contributed by atoms with E-state index in [1.165, 1.54) is 12.8 Å². The number of hydrogen-bond donors (Lipinski definition) is 1. The molecule has 0 spiro atoms. The van der Waals surface area contributed by atoms with Gasteiger partial charge in [0, 0.05) is 19.1 Å². The van der Waals surface area contributed by atoms with Crippen LogP contribution in [0.1, 0.15) is 33.1 Å². The largest absolute Gasteiger partial charge is 0.391 e. The molecule has 2 aliphatic rings. The summed E-state index contributed by atoms with van der Waals surface area (Å²) in [5.41, 5.74) is 0. The van der Waals surface area contributed by atoms with Gasteiger partial charge in [-0.15, -0.1) is 0 Å². The van der Waals surface area contributed by atoms with Crippen LogP contribution in [-0.2, 0) is 4.74 Å². The van der Waals surface area contributed by atoms with Crippen LogP contribution >= 0.6 is 0 Å². The van der Waals surface area contributed by atoms with E-state index in [2.05, 4.69) is 18.7 Å². The first kappa shape index (κ1) is 13.3. The molecule has 0 aromatic rings. The molecule has 0 aromatic heterocycles. The van der Waals surface area contributed by atoms with Gasteiger partial charge in [0.1, 0.15) is 0 Å². The molecule has 0 amide bonds. The molecule has 0 radical (unpaired) electrons. The number of rotatable bonds is 4. The Kier molecular flexibility index (Phi) is 4.83. The van der Waals surface area contributed by atoms with Crippen molar-refractivity contribution in [3.8, 4) is 0 Å². The van der Waals surface area contributed by atoms with Crippen molar-refractivity contribution in [1.82, 2.24) is 4.90 Å². The smallest absolute Gasteiger partial charge is 0.0718 e. The normalized spacial score (nSPS) is 30.0. The maximum Gasteiger partial charge on any atom is 0.0718 e. The second kappa shape index (κ2) is 6.17. The molecule has 0 bridgehead atoms. The van der Waals surface area contributed by atoms with Gasteiger partial charge < -0.3 is 14.7 Å². The highest BCUT2D eigenvalue weighted by atomic mass is 16.5. The first-order valence-corrected chi connectivity index (χ1v) is 7.15. The molecule has 2 aliphatic heterocycles. The molecular weight excluding hydrogens is 214 g/mol. The molecule has 100 valence electrons. The highest BCUT2D eigenvalue weighted by molar-refractivity contribution is 4.80. The zero-order chi connectivity index (χ0) is 12.3. The molecule has 2 atom stereocenters. The Bertz CT molecular complexity index is 218. The average molecular weight is 241 g/mol. The Labute approximate surface area is 105 Å². The number of aliphatic hydroxyl groups excluding tert-OH is 1. The van der Waals surface area contributed by atoms with Crippen molar-refractivity contribution in [3.63, 3.8) is 0 Å². The standard InChI is InChI=1S/C14H27NO2/c1-11(2)12-3-6-15(7-4-12)9-14(16)13-5-8-17-10-13/h11-14,16H,3-10H2,1-2H3. The third-order valence-electron chi connectivity index (χ3n) is 4.53. The Morgan fingerprint density at radius 3 is 2.41 bits per heavy atom. The van der Waals surface area contributed by atoms with E-state index in [-0.39, 0.29) is 6.10 Å². The molecule has 2 heterocycles. The summed E-state index contributed by atoms with van der Waals surface area (Å²) in [6.45, 7) is 9.40. The quantitative estimate of drug-likeness (QED) is 0.814. The lowest BCUT2D eigenvalue weighted by molar-refractivity contribution is 0.0407. The lowest BCUT2D eigenvalue weighted by Crippen LogP contribution is -2.42. The van der Waals surface area contributed by atoms with Gasteiger partial charge in [0.2, 0.25) is 0 Å². The molecule has 17 heavy (non-hydrogen) atoms. The minimum Gasteiger partial charge on any atom is -0.391 e. The summed E-state index contributed by atoms with van der Waals surface area (Å²) in [5.74, 6) is 2.07. The van der Waals surface area contributed by atoms with Gasteiger partial charge in [-0.05, 0) is 44.2 Å². The summed E-state index contributed by atoms with van der Waals surface area (Å²) in [5, 5.41) is 10.2. The molecule has 0 aromatic carbocycles. The highest BCUT2D eigenvalue weighted by Crippen LogP contribution is 2.25. The fourth-order valence-corrected chi connectivity index (χ4v) is 3.07. The van der Waals surface area contributed by atoms with Crippen molar-refractivity contribution >= 4 is 0 Å². The summed E-state index contributed by atoms with van der Waals surface area (Å²) >= 11 is 0. The van der Waals surface area contributed by atoms with E-state index in [1.807, 2.05) is 0 Å². The Morgan fingerprint density at radius 1 is 1.18 bits per heavy atom. The summed E-state index contributed by atoms with van der Waals surface area (Å²) < 4.78 is 5.34. The van der Waals surface area contributed by atoms with Crippen LogP contribution in [0.5, 0.6) is 0 Å². The molecule has 1 N–H and O–H groups in total. The summed E-state index contributed by atoms with van der Waals surface area (Å²) in [6, 6.07) is 0. The monoisotopic (exact) mass is 241 g/mol. The fraction of sp³-hybridized carbons (Fsp3) is 1.00. The Morgan fingerprint density at radius 2 is 1.88 bits per heavy atom. The van der Waals surface area contributed by atoms with Crippen molar-refractivity contribution in [2.75, 3.05) is 32.8 Å². The molecule has 3 nitrogen and oxygen atoms in total. The summed E-state index contributed by atoms with van der Waals surface area (Å²) in [4.78, 5) is 2.43. The zero-order valence-electron chi connectivity index (χ0n) is 11.3. The van der Waals surface area contributed by atoms with E-state index < -0.39 is 0 Å². The second-order valence-corrected chi connectivity index (χ2v) is 6.07. The second-order valence-electron chi connectivity index (χ2n) is 6.07. The fourth-order valence-electron chi connectivity index (χ4n) is 3.07. The minimum absolute atomic E-state index is 0.187. The van der Waals surface area contributed by atoms with E-state index in [1.54, 1.807) is 0 Å². The van der Waals surface area contributed by atoms with E-state index in [0.29, 0.717) is 5.92 Å². The number of ether oxygens (including phenoxy) is 1. The number of likely N-dealkylation sites (tertiary alicyclic amines) is 1. The van der Waals surface area contributed by atoms with Crippen LogP contribution in [-0.4, -0.2) is 49.0 Å². The molecule has 2 unspecified atom stereocenters. The van der Waals surface area contributed by atoms with Gasteiger partial charge in [0.05, 0.1) is 12.7 Å². The van der Waals surface area contributed by atoms with Crippen molar-refractivity contribution in [3.05, 3.63) is 0 Å². The minimum atomic E-state index is -0.187. The third kappa shape index (κ3) is 3.67. The summed E-state index contributed by atoms with van der Waals surface area (Å²) in [7, 11) is 0. The SMILES string of the molecule is CC(C)C1CCN(CC(O)C2CCOC2)CC1. The van der Waals surface area contributed by atoms with Gasteiger partial charge in [-0.2, -0.15) is 0 Å². The van der Waals surface area contributed by atoms with Crippen molar-refractivity contribution in [2.24, 2.45) is 17.8 Å². The number of aliphatic hydroxyl groups is 1. The Balaban J connectivity index is 1.70. The highest BCUT2D eigenvalue weighted by Gasteiger charge is 2.28. The van der Waals surface area contributed by atoms with Gasteiger partial charge in [-0.1, -0.05) is 13.8 Å². The van der Waals surface area contributed by atoms with E-state index in [0.717, 1.165) is 51.1 Å². The number of piperidine rings is 1. The van der Waals surface area contributed by atoms with Gasteiger partial charge in [0.15, 0.2) is 0 Å². The van der Waals surface area contributed by atoms with Crippen LogP contribution < -0.4 is 0 Å². The maximum absolute atomic E-state index is 10.2. The van der Waals surface area contributed by atoms with Crippen LogP contribution in [0.3, 0.4) is 0 Å². The molecule has 0 aliphatic carbocycles. The lowest BCUT2D eigenvalue weighted by Gasteiger charge is -2.35. The van der Waals surface area contributed by atoms with Gasteiger partial charge in [-0.3, -0.25) is 0 Å². The van der Waals surface area contributed by atoms with Crippen molar-refractivity contribution in [1.29, 1.82) is 0 Å². The molecule has 3 heteroatoms. The topological polar surface area (TPSA) is 32.7 Å². The van der Waals surface area contributed by atoms with Gasteiger partial charge in [0.25, 0.3) is 0 Å². The molecular formula is C14H27NO2. The number of hydrogen-bond acceptors (Lipinski definition) is 3. The van der Waals surface area contributed by atoms with E-state index in [4.69, 9.17) is 4.74 Å². The molecule has 2 rings (SSSR count). The van der Waals surface area contributed by atoms with Crippen LogP contribution in [0.4, 0.5) is 0 Å². The van der Waals surface area contributed by atoms with Crippen molar-refractivity contribution in [2.45, 2.75) is 39.2 Å². The van der Waals surface area contributed by atoms with Crippen LogP contribution in [0.2, 0.25) is 0 Å². The van der Waals surface area contributed by atoms with Crippen LogP contribution in [0, 0.1) is 17.8 Å². The predicted octanol–water partition coefficient (Wildman–Crippen LogP) is 1.75. The van der Waals surface area contributed by atoms with E-state index >= 15 is 0 Å². The first-order valence-electron chi connectivity index (χ1n) is 7.15. The molecule has 0 saturated carbocycles. The van der Waals surface area contributed by atoms with E-state index in [9.17, 15) is 5.11 Å². The first-order chi connectivity index (χ1) is 8.16. The molecule has 2 saturated heterocycles. The van der Waals surface area contributed by atoms with Gasteiger partial charge >= 0.3 is 0 Å². The third-order valence-corrected chi connectivity index (χ3v) is 4.53. The Hall–Kier alpha value is -0.120. The lowest BCUT2D eigenvalue weighted by atomic mass is 9.86.